The molecule has 15 heteroatoms. The maximum absolute atomic E-state index is 13.6. The molecular formula is C56H60N8O7. The molecular weight excluding hydrogens is 897 g/mol. The largest absolute Gasteiger partial charge is 0.489 e. The van der Waals surface area contributed by atoms with Crippen LogP contribution >= 0.6 is 0 Å². The topological polar surface area (TPSA) is 197 Å². The standard InChI is InChI=1S/C35H36N6O4.C21H24N2O3/c1-24-12-17-31(27-13-15-28(16-14-27)45-22-26-10-6-3-7-11-26)41(19-24)35(43)34(42)38-30-18-37-33(36)29-20-40(39-32(29)30)23-44-21-25-8-4-2-5-9-25;1-15-7-12-19(23(13-15)21(25)20(22)24)17-8-10-18(11-9-17)26-14-16-5-3-2-4-6-16/h2-11,13-16,18,20,24,31H,12,17,19,21-23H2,1H3,(H2,36,37)(H,38,42);2-6,8-11,15,19H,7,12-14H2,1H3,(H2,22,24)/t24-,31+;15-,19+/m00/s1. The summed E-state index contributed by atoms with van der Waals surface area (Å²) in [5.41, 5.74) is 17.3. The number of likely N-dealkylation sites (tertiary alicyclic amines) is 2. The van der Waals surface area contributed by atoms with Gasteiger partial charge in [0.2, 0.25) is 0 Å². The predicted octanol–water partition coefficient (Wildman–Crippen LogP) is 8.76. The van der Waals surface area contributed by atoms with Gasteiger partial charge in [-0.25, -0.2) is 9.67 Å². The van der Waals surface area contributed by atoms with Gasteiger partial charge in [0.25, 0.3) is 0 Å². The molecule has 2 aliphatic rings. The number of fused-ring (bicyclic) bond motifs is 1. The highest BCUT2D eigenvalue weighted by molar-refractivity contribution is 6.40. The van der Waals surface area contributed by atoms with Gasteiger partial charge in [-0.05, 0) is 89.6 Å². The molecule has 5 aromatic carbocycles. The van der Waals surface area contributed by atoms with E-state index in [0.717, 1.165) is 65.0 Å². The summed E-state index contributed by atoms with van der Waals surface area (Å²) in [6.07, 6.45) is 6.69. The number of piperidine rings is 2. The van der Waals surface area contributed by atoms with Crippen LogP contribution in [0.2, 0.25) is 0 Å². The lowest BCUT2D eigenvalue weighted by Gasteiger charge is -2.38. The lowest BCUT2D eigenvalue weighted by atomic mass is 9.89. The zero-order valence-electron chi connectivity index (χ0n) is 40.1. The van der Waals surface area contributed by atoms with Crippen LogP contribution in [0.3, 0.4) is 0 Å². The predicted molar refractivity (Wildman–Crippen MR) is 271 cm³/mol. The minimum atomic E-state index is -0.896. The maximum Gasteiger partial charge on any atom is 0.314 e. The summed E-state index contributed by atoms with van der Waals surface area (Å²) in [6.45, 7) is 6.78. The van der Waals surface area contributed by atoms with Crippen molar-refractivity contribution in [1.29, 1.82) is 0 Å². The van der Waals surface area contributed by atoms with Gasteiger partial charge in [0.1, 0.15) is 42.8 Å². The number of ether oxygens (including phenoxy) is 3. The minimum Gasteiger partial charge on any atom is -0.489 e. The molecule has 0 aliphatic carbocycles. The molecule has 0 spiro atoms. The minimum absolute atomic E-state index is 0.116. The number of primary amides is 1. The number of carbonyl (C=O) groups is 4. The Labute approximate surface area is 413 Å². The van der Waals surface area contributed by atoms with E-state index in [-0.39, 0.29) is 30.6 Å². The molecule has 5 N–H and O–H groups in total. The molecule has 4 heterocycles. The van der Waals surface area contributed by atoms with Crippen molar-refractivity contribution in [2.24, 2.45) is 17.6 Å². The monoisotopic (exact) mass is 956 g/mol. The Bertz CT molecular complexity index is 2880. The molecule has 0 unspecified atom stereocenters. The first-order valence-electron chi connectivity index (χ1n) is 24.0. The smallest absolute Gasteiger partial charge is 0.314 e. The van der Waals surface area contributed by atoms with E-state index in [9.17, 15) is 19.2 Å². The van der Waals surface area contributed by atoms with Crippen LogP contribution in [0.5, 0.6) is 11.5 Å². The number of anilines is 2. The number of nitrogens with one attached hydrogen (secondary N) is 1. The number of rotatable bonds is 13. The highest BCUT2D eigenvalue weighted by Crippen LogP contribution is 2.36. The first-order valence-corrected chi connectivity index (χ1v) is 24.0. The van der Waals surface area contributed by atoms with Gasteiger partial charge in [-0.15, -0.1) is 0 Å². The van der Waals surface area contributed by atoms with Crippen LogP contribution < -0.4 is 26.3 Å². The third-order valence-corrected chi connectivity index (χ3v) is 12.8. The van der Waals surface area contributed by atoms with Crippen LogP contribution in [-0.2, 0) is 50.5 Å². The van der Waals surface area contributed by atoms with E-state index in [1.165, 1.54) is 6.20 Å². The zero-order chi connectivity index (χ0) is 49.7. The molecule has 2 fully saturated rings. The van der Waals surface area contributed by atoms with Crippen molar-refractivity contribution in [3.05, 3.63) is 180 Å². The van der Waals surface area contributed by atoms with E-state index in [1.54, 1.807) is 20.7 Å². The molecule has 2 aromatic heterocycles. The number of nitrogen functional groups attached to an aromatic ring is 1. The van der Waals surface area contributed by atoms with Gasteiger partial charge in [0, 0.05) is 19.3 Å². The SMILES string of the molecule is C[C@H]1CC[C@H](c2ccc(OCc3ccccc3)cc2)N(C(=O)C(=O)Nc2cnc(N)c3cn(COCc4ccccc4)nc23)C1.C[C@H]1CC[C@H](c2ccc(OCc3ccccc3)cc2)N(C(=O)C(N)=O)C1. The summed E-state index contributed by atoms with van der Waals surface area (Å²) in [7, 11) is 0. The molecule has 0 saturated carbocycles. The molecule has 0 radical (unpaired) electrons. The number of aromatic nitrogens is 3. The van der Waals surface area contributed by atoms with Gasteiger partial charge in [0.05, 0.1) is 36.0 Å². The Morgan fingerprint density at radius 3 is 1.56 bits per heavy atom. The van der Waals surface area contributed by atoms with Crippen molar-refractivity contribution in [2.45, 2.75) is 78.2 Å². The van der Waals surface area contributed by atoms with Gasteiger partial charge in [-0.3, -0.25) is 19.2 Å². The van der Waals surface area contributed by atoms with Gasteiger partial charge in [0.15, 0.2) is 0 Å². The fourth-order valence-electron chi connectivity index (χ4n) is 9.01. The van der Waals surface area contributed by atoms with Crippen molar-refractivity contribution in [2.75, 3.05) is 24.1 Å². The van der Waals surface area contributed by atoms with Crippen molar-refractivity contribution in [3.8, 4) is 11.5 Å². The van der Waals surface area contributed by atoms with Gasteiger partial charge in [-0.1, -0.05) is 129 Å². The first-order chi connectivity index (χ1) is 34.5. The third-order valence-electron chi connectivity index (χ3n) is 12.8. The van der Waals surface area contributed by atoms with E-state index >= 15 is 0 Å². The number of hydrogen-bond donors (Lipinski definition) is 3. The number of carbonyl (C=O) groups excluding carboxylic acids is 4. The number of hydrogen-bond acceptors (Lipinski definition) is 10. The summed E-state index contributed by atoms with van der Waals surface area (Å²) in [6, 6.07) is 44.9. The Morgan fingerprint density at radius 1 is 0.620 bits per heavy atom. The van der Waals surface area contributed by atoms with E-state index in [4.69, 9.17) is 25.7 Å². The second-order valence-electron chi connectivity index (χ2n) is 18.3. The van der Waals surface area contributed by atoms with Crippen LogP contribution in [0.1, 0.15) is 79.4 Å². The average molecular weight is 957 g/mol. The van der Waals surface area contributed by atoms with E-state index in [1.807, 2.05) is 140 Å². The fourth-order valence-corrected chi connectivity index (χ4v) is 9.01. The van der Waals surface area contributed by atoms with Crippen molar-refractivity contribution >= 4 is 46.0 Å². The lowest BCUT2D eigenvalue weighted by Crippen LogP contribution is -2.46. The number of pyridine rings is 1. The molecule has 366 valence electrons. The summed E-state index contributed by atoms with van der Waals surface area (Å²) in [5.74, 6) is -0.443. The van der Waals surface area contributed by atoms with E-state index < -0.39 is 23.6 Å². The number of benzene rings is 5. The number of amides is 4. The summed E-state index contributed by atoms with van der Waals surface area (Å²) < 4.78 is 19.1. The highest BCUT2D eigenvalue weighted by atomic mass is 16.5. The average Bonchev–Trinajstić information content (AvgIpc) is 3.84. The molecule has 2 saturated heterocycles. The summed E-state index contributed by atoms with van der Waals surface area (Å²) in [4.78, 5) is 58.1. The van der Waals surface area contributed by atoms with Gasteiger partial charge in [-0.2, -0.15) is 5.10 Å². The van der Waals surface area contributed by atoms with Crippen LogP contribution in [-0.4, -0.2) is 61.3 Å². The Balaban J connectivity index is 0.000000221. The van der Waals surface area contributed by atoms with E-state index in [0.29, 0.717) is 55.4 Å². The molecule has 2 aliphatic heterocycles. The second kappa shape index (κ2) is 23.5. The number of nitrogens with two attached hydrogens (primary N) is 2. The quantitative estimate of drug-likeness (QED) is 0.0940. The highest BCUT2D eigenvalue weighted by Gasteiger charge is 2.35. The fraction of sp³-hybridized carbons (Fsp3) is 0.286. The Kier molecular flexibility index (Phi) is 16.4. The Hall–Kier alpha value is -8.04. The molecule has 7 aromatic rings. The first kappa shape index (κ1) is 49.4. The molecule has 4 amide bonds. The third kappa shape index (κ3) is 13.0. The molecule has 9 rings (SSSR count). The second-order valence-corrected chi connectivity index (χ2v) is 18.3. The van der Waals surface area contributed by atoms with E-state index in [2.05, 4.69) is 29.2 Å². The Morgan fingerprint density at radius 2 is 1.08 bits per heavy atom. The van der Waals surface area contributed by atoms with Crippen molar-refractivity contribution in [3.63, 3.8) is 0 Å². The van der Waals surface area contributed by atoms with Crippen molar-refractivity contribution in [1.82, 2.24) is 24.6 Å². The van der Waals surface area contributed by atoms with Crippen molar-refractivity contribution < 1.29 is 33.4 Å². The van der Waals surface area contributed by atoms with Gasteiger partial charge < -0.3 is 40.8 Å². The lowest BCUT2D eigenvalue weighted by molar-refractivity contribution is -0.147. The van der Waals surface area contributed by atoms with Crippen LogP contribution in [0, 0.1) is 11.8 Å². The summed E-state index contributed by atoms with van der Waals surface area (Å²) >= 11 is 0. The van der Waals surface area contributed by atoms with Crippen LogP contribution in [0.25, 0.3) is 10.9 Å². The van der Waals surface area contributed by atoms with Crippen LogP contribution in [0.4, 0.5) is 11.5 Å². The molecule has 4 atom stereocenters. The zero-order valence-corrected chi connectivity index (χ0v) is 40.1. The molecule has 15 nitrogen and oxygen atoms in total. The molecule has 71 heavy (non-hydrogen) atoms. The maximum atomic E-state index is 13.6. The number of nitrogens with zero attached hydrogens (tertiary/aromatic N) is 5. The van der Waals surface area contributed by atoms with Gasteiger partial charge >= 0.3 is 23.6 Å². The van der Waals surface area contributed by atoms with Crippen LogP contribution in [0.15, 0.2) is 152 Å². The normalized spacial score (nSPS) is 17.7. The molecule has 0 bridgehead atoms. The summed E-state index contributed by atoms with van der Waals surface area (Å²) in [5, 5.41) is 7.87.